The van der Waals surface area contributed by atoms with Gasteiger partial charge >= 0.3 is 12.1 Å². The Hall–Kier alpha value is -1.78. The van der Waals surface area contributed by atoms with Crippen LogP contribution in [0.25, 0.3) is 6.08 Å². The average Bonchev–Trinajstić information content (AvgIpc) is 2.16. The minimum Gasteiger partial charge on any atom is -0.481 e. The predicted molar refractivity (Wildman–Crippen MR) is 52.7 cm³/mol. The number of hydrogen-bond acceptors (Lipinski definition) is 1. The fraction of sp³-hybridized carbons (Fsp3) is 0.182. The number of rotatable bonds is 3. The summed E-state index contributed by atoms with van der Waals surface area (Å²) in [5.41, 5.74) is -0.183. The molecule has 0 unspecified atom stereocenters. The van der Waals surface area contributed by atoms with Gasteiger partial charge in [0.2, 0.25) is 0 Å². The van der Waals surface area contributed by atoms with Crippen LogP contribution in [0.5, 0.6) is 0 Å². The highest BCUT2D eigenvalue weighted by molar-refractivity contribution is 5.70. The van der Waals surface area contributed by atoms with Crippen molar-refractivity contribution in [3.63, 3.8) is 0 Å². The number of benzene rings is 1. The van der Waals surface area contributed by atoms with Crippen LogP contribution in [0.4, 0.5) is 13.2 Å². The molecule has 1 N–H and O–H groups in total. The number of carboxylic acids is 1. The van der Waals surface area contributed by atoms with E-state index in [0.717, 1.165) is 12.1 Å². The molecular formula is C11H9F3O2. The third-order valence-corrected chi connectivity index (χ3v) is 1.84. The maximum absolute atomic E-state index is 12.2. The maximum atomic E-state index is 12.2. The summed E-state index contributed by atoms with van der Waals surface area (Å²) in [4.78, 5) is 10.2. The first-order chi connectivity index (χ1) is 7.39. The van der Waals surface area contributed by atoms with Crippen molar-refractivity contribution in [2.45, 2.75) is 12.6 Å². The molecule has 0 spiro atoms. The van der Waals surface area contributed by atoms with E-state index in [-0.39, 0.29) is 6.42 Å². The lowest BCUT2D eigenvalue weighted by Crippen LogP contribution is -2.03. The van der Waals surface area contributed by atoms with E-state index in [1.807, 2.05) is 0 Å². The van der Waals surface area contributed by atoms with Gasteiger partial charge < -0.3 is 5.11 Å². The molecule has 0 bridgehead atoms. The Bertz CT molecular complexity index is 391. The van der Waals surface area contributed by atoms with Crippen LogP contribution in [-0.2, 0) is 11.0 Å². The smallest absolute Gasteiger partial charge is 0.416 e. The highest BCUT2D eigenvalue weighted by atomic mass is 19.4. The molecule has 1 aromatic carbocycles. The Labute approximate surface area is 90.0 Å². The number of hydrogen-bond donors (Lipinski definition) is 1. The molecule has 0 fully saturated rings. The molecule has 16 heavy (non-hydrogen) atoms. The van der Waals surface area contributed by atoms with Gasteiger partial charge in [0.25, 0.3) is 0 Å². The molecule has 1 aromatic rings. The predicted octanol–water partition coefficient (Wildman–Crippen LogP) is 3.19. The molecule has 0 aromatic heterocycles. The van der Waals surface area contributed by atoms with E-state index in [0.29, 0.717) is 5.56 Å². The minimum absolute atomic E-state index is 0.152. The quantitative estimate of drug-likeness (QED) is 0.865. The van der Waals surface area contributed by atoms with Crippen LogP contribution in [0.2, 0.25) is 0 Å². The van der Waals surface area contributed by atoms with Crippen LogP contribution in [0.3, 0.4) is 0 Å². The van der Waals surface area contributed by atoms with Crippen LogP contribution in [0.1, 0.15) is 17.5 Å². The van der Waals surface area contributed by atoms with E-state index in [1.54, 1.807) is 0 Å². The summed E-state index contributed by atoms with van der Waals surface area (Å²) < 4.78 is 36.5. The Morgan fingerprint density at radius 1 is 1.25 bits per heavy atom. The van der Waals surface area contributed by atoms with Gasteiger partial charge in [0.1, 0.15) is 0 Å². The molecule has 0 amide bonds. The number of halogens is 3. The monoisotopic (exact) mass is 230 g/mol. The number of alkyl halides is 3. The van der Waals surface area contributed by atoms with Crippen LogP contribution < -0.4 is 0 Å². The second-order valence-corrected chi connectivity index (χ2v) is 3.12. The Morgan fingerprint density at radius 3 is 2.25 bits per heavy atom. The Kier molecular flexibility index (Phi) is 3.71. The van der Waals surface area contributed by atoms with Crippen molar-refractivity contribution in [3.05, 3.63) is 41.5 Å². The standard InChI is InChI=1S/C11H9F3O2/c12-11(13,14)9-6-4-8(5-7-9)2-1-3-10(15)16/h1-2,4-7H,3H2,(H,15,16)/b2-1-. The fourth-order valence-electron chi connectivity index (χ4n) is 1.08. The summed E-state index contributed by atoms with van der Waals surface area (Å²) in [5, 5.41) is 8.34. The van der Waals surface area contributed by atoms with Crippen molar-refractivity contribution in [1.29, 1.82) is 0 Å². The first kappa shape index (κ1) is 12.3. The average molecular weight is 230 g/mol. The van der Waals surface area contributed by atoms with Gasteiger partial charge in [-0.2, -0.15) is 13.2 Å². The summed E-state index contributed by atoms with van der Waals surface area (Å²) in [6.45, 7) is 0. The summed E-state index contributed by atoms with van der Waals surface area (Å²) in [6, 6.07) is 4.50. The number of carboxylic acid groups (broad SMARTS) is 1. The zero-order valence-corrected chi connectivity index (χ0v) is 8.16. The number of carbonyl (C=O) groups is 1. The molecule has 0 aliphatic carbocycles. The minimum atomic E-state index is -4.34. The Morgan fingerprint density at radius 2 is 1.81 bits per heavy atom. The van der Waals surface area contributed by atoms with Gasteiger partial charge in [-0.3, -0.25) is 4.79 Å². The zero-order valence-electron chi connectivity index (χ0n) is 8.16. The van der Waals surface area contributed by atoms with E-state index in [4.69, 9.17) is 5.11 Å². The van der Waals surface area contributed by atoms with Crippen LogP contribution in [0, 0.1) is 0 Å². The maximum Gasteiger partial charge on any atom is 0.416 e. The molecule has 2 nitrogen and oxygen atoms in total. The van der Waals surface area contributed by atoms with Crippen molar-refractivity contribution in [2.24, 2.45) is 0 Å². The van der Waals surface area contributed by atoms with E-state index in [1.165, 1.54) is 24.3 Å². The van der Waals surface area contributed by atoms with Gasteiger partial charge in [-0.15, -0.1) is 0 Å². The van der Waals surface area contributed by atoms with Crippen molar-refractivity contribution >= 4 is 12.0 Å². The SMILES string of the molecule is O=C(O)C/C=C\c1ccc(C(F)(F)F)cc1. The van der Waals surface area contributed by atoms with Crippen LogP contribution in [0.15, 0.2) is 30.3 Å². The second kappa shape index (κ2) is 4.83. The highest BCUT2D eigenvalue weighted by Gasteiger charge is 2.29. The van der Waals surface area contributed by atoms with Gasteiger partial charge in [0.15, 0.2) is 0 Å². The normalized spacial score (nSPS) is 11.9. The van der Waals surface area contributed by atoms with Crippen LogP contribution >= 0.6 is 0 Å². The molecule has 0 aliphatic heterocycles. The number of aliphatic carboxylic acids is 1. The molecule has 0 saturated heterocycles. The molecule has 0 saturated carbocycles. The fourth-order valence-corrected chi connectivity index (χ4v) is 1.08. The van der Waals surface area contributed by atoms with E-state index < -0.39 is 17.7 Å². The molecule has 0 aliphatic rings. The molecule has 1 rings (SSSR count). The lowest BCUT2D eigenvalue weighted by Gasteiger charge is -2.05. The highest BCUT2D eigenvalue weighted by Crippen LogP contribution is 2.29. The molecule has 0 heterocycles. The van der Waals surface area contributed by atoms with Crippen molar-refractivity contribution in [2.75, 3.05) is 0 Å². The largest absolute Gasteiger partial charge is 0.481 e. The van der Waals surface area contributed by atoms with Gasteiger partial charge in [0.05, 0.1) is 12.0 Å². The molecule has 5 heteroatoms. The van der Waals surface area contributed by atoms with Gasteiger partial charge in [-0.1, -0.05) is 24.3 Å². The Balaban J connectivity index is 2.72. The van der Waals surface area contributed by atoms with Gasteiger partial charge in [-0.25, -0.2) is 0 Å². The molecular weight excluding hydrogens is 221 g/mol. The summed E-state index contributed by atoms with van der Waals surface area (Å²) in [6.07, 6.45) is -1.65. The summed E-state index contributed by atoms with van der Waals surface area (Å²) in [5.74, 6) is -0.983. The van der Waals surface area contributed by atoms with E-state index in [9.17, 15) is 18.0 Å². The van der Waals surface area contributed by atoms with Crippen LogP contribution in [-0.4, -0.2) is 11.1 Å². The van der Waals surface area contributed by atoms with E-state index >= 15 is 0 Å². The summed E-state index contributed by atoms with van der Waals surface area (Å²) in [7, 11) is 0. The first-order valence-corrected chi connectivity index (χ1v) is 4.45. The van der Waals surface area contributed by atoms with Crippen molar-refractivity contribution in [3.8, 4) is 0 Å². The lowest BCUT2D eigenvalue weighted by molar-refractivity contribution is -0.138. The first-order valence-electron chi connectivity index (χ1n) is 4.45. The molecule has 0 radical (unpaired) electrons. The third kappa shape index (κ3) is 3.76. The third-order valence-electron chi connectivity index (χ3n) is 1.84. The van der Waals surface area contributed by atoms with Crippen molar-refractivity contribution in [1.82, 2.24) is 0 Å². The second-order valence-electron chi connectivity index (χ2n) is 3.12. The van der Waals surface area contributed by atoms with Crippen molar-refractivity contribution < 1.29 is 23.1 Å². The molecule has 0 atom stereocenters. The van der Waals surface area contributed by atoms with Gasteiger partial charge in [-0.05, 0) is 17.7 Å². The zero-order chi connectivity index (χ0) is 12.2. The van der Waals surface area contributed by atoms with Gasteiger partial charge in [0, 0.05) is 0 Å². The topological polar surface area (TPSA) is 37.3 Å². The van der Waals surface area contributed by atoms with E-state index in [2.05, 4.69) is 0 Å². The lowest BCUT2D eigenvalue weighted by atomic mass is 10.1. The summed E-state index contributed by atoms with van der Waals surface area (Å²) >= 11 is 0. The molecule has 86 valence electrons.